The Hall–Kier alpha value is -3.11. The van der Waals surface area contributed by atoms with Crippen LogP contribution in [0.1, 0.15) is 28.8 Å². The van der Waals surface area contributed by atoms with Gasteiger partial charge in [-0.1, -0.05) is 36.4 Å². The summed E-state index contributed by atoms with van der Waals surface area (Å²) in [7, 11) is 3.78. The molecule has 31 heavy (non-hydrogen) atoms. The van der Waals surface area contributed by atoms with Crippen molar-refractivity contribution in [2.45, 2.75) is 25.4 Å². The zero-order valence-electron chi connectivity index (χ0n) is 18.2. The van der Waals surface area contributed by atoms with Crippen molar-refractivity contribution in [1.29, 1.82) is 0 Å². The highest BCUT2D eigenvalue weighted by molar-refractivity contribution is 5.97. The van der Waals surface area contributed by atoms with Gasteiger partial charge in [-0.05, 0) is 73.0 Å². The number of hydrogen-bond acceptors (Lipinski definition) is 4. The topological polar surface area (TPSA) is 38.8 Å². The second-order valence-electron chi connectivity index (χ2n) is 8.18. The zero-order valence-corrected chi connectivity index (χ0v) is 18.2. The van der Waals surface area contributed by atoms with Gasteiger partial charge in [-0.25, -0.2) is 0 Å². The molecule has 0 saturated carbocycles. The molecule has 4 heteroatoms. The summed E-state index contributed by atoms with van der Waals surface area (Å²) in [5.74, 6) is 1.76. The van der Waals surface area contributed by atoms with E-state index in [1.165, 1.54) is 0 Å². The highest BCUT2D eigenvalue weighted by Crippen LogP contribution is 2.27. The van der Waals surface area contributed by atoms with Crippen molar-refractivity contribution in [3.63, 3.8) is 0 Å². The van der Waals surface area contributed by atoms with Gasteiger partial charge in [0.05, 0.1) is 7.11 Å². The molecule has 4 rings (SSSR count). The van der Waals surface area contributed by atoms with Gasteiger partial charge in [0, 0.05) is 25.1 Å². The van der Waals surface area contributed by atoms with Crippen molar-refractivity contribution in [3.05, 3.63) is 83.9 Å². The van der Waals surface area contributed by atoms with Crippen LogP contribution in [0.3, 0.4) is 0 Å². The monoisotopic (exact) mass is 415 g/mol. The molecule has 0 aliphatic carbocycles. The molecule has 0 atom stereocenters. The lowest BCUT2D eigenvalue weighted by molar-refractivity contribution is 0.0993. The average molecular weight is 416 g/mol. The lowest BCUT2D eigenvalue weighted by atomic mass is 9.98. The van der Waals surface area contributed by atoms with Crippen molar-refractivity contribution in [3.8, 4) is 22.6 Å². The quantitative estimate of drug-likeness (QED) is 0.494. The van der Waals surface area contributed by atoms with Gasteiger partial charge in [0.15, 0.2) is 5.78 Å². The van der Waals surface area contributed by atoms with Crippen LogP contribution in [0.4, 0.5) is 0 Å². The SMILES string of the molecule is COc1ccc(C(=O)Cc2cccc(-c3cccc(OC4CCN(C)CC4)c3)c2)cc1. The number of hydrogen-bond donors (Lipinski definition) is 0. The minimum Gasteiger partial charge on any atom is -0.497 e. The van der Waals surface area contributed by atoms with Crippen molar-refractivity contribution in [2.75, 3.05) is 27.2 Å². The minimum atomic E-state index is 0.0964. The number of likely N-dealkylation sites (tertiary alicyclic amines) is 1. The first-order valence-corrected chi connectivity index (χ1v) is 10.8. The van der Waals surface area contributed by atoms with E-state index in [9.17, 15) is 4.79 Å². The van der Waals surface area contributed by atoms with E-state index in [1.807, 2.05) is 48.5 Å². The fraction of sp³-hybridized carbons (Fsp3) is 0.296. The summed E-state index contributed by atoms with van der Waals surface area (Å²) in [5.41, 5.74) is 3.89. The number of carbonyl (C=O) groups excluding carboxylic acids is 1. The fourth-order valence-corrected chi connectivity index (χ4v) is 3.97. The molecule has 1 heterocycles. The molecule has 3 aromatic rings. The maximum absolute atomic E-state index is 12.7. The maximum Gasteiger partial charge on any atom is 0.167 e. The van der Waals surface area contributed by atoms with E-state index in [2.05, 4.69) is 36.2 Å². The molecule has 0 radical (unpaired) electrons. The Morgan fingerprint density at radius 2 is 1.58 bits per heavy atom. The number of methoxy groups -OCH3 is 1. The molecule has 0 aromatic heterocycles. The molecule has 4 nitrogen and oxygen atoms in total. The highest BCUT2D eigenvalue weighted by atomic mass is 16.5. The van der Waals surface area contributed by atoms with E-state index >= 15 is 0 Å². The van der Waals surface area contributed by atoms with Crippen LogP contribution in [0.25, 0.3) is 11.1 Å². The van der Waals surface area contributed by atoms with Crippen LogP contribution in [-0.2, 0) is 6.42 Å². The predicted molar refractivity (Wildman–Crippen MR) is 124 cm³/mol. The average Bonchev–Trinajstić information content (AvgIpc) is 2.81. The predicted octanol–water partition coefficient (Wildman–Crippen LogP) is 5.26. The van der Waals surface area contributed by atoms with Crippen LogP contribution in [0.15, 0.2) is 72.8 Å². The van der Waals surface area contributed by atoms with E-state index in [0.717, 1.165) is 54.1 Å². The Morgan fingerprint density at radius 3 is 2.29 bits per heavy atom. The van der Waals surface area contributed by atoms with Gasteiger partial charge in [0.1, 0.15) is 17.6 Å². The second-order valence-corrected chi connectivity index (χ2v) is 8.18. The highest BCUT2D eigenvalue weighted by Gasteiger charge is 2.18. The summed E-state index contributed by atoms with van der Waals surface area (Å²) in [5, 5.41) is 0. The Balaban J connectivity index is 1.45. The summed E-state index contributed by atoms with van der Waals surface area (Å²) in [6.07, 6.45) is 2.76. The van der Waals surface area contributed by atoms with Crippen LogP contribution in [0, 0.1) is 0 Å². The van der Waals surface area contributed by atoms with Crippen LogP contribution in [-0.4, -0.2) is 44.0 Å². The van der Waals surface area contributed by atoms with Gasteiger partial charge in [-0.3, -0.25) is 4.79 Å². The molecule has 0 spiro atoms. The molecule has 0 N–H and O–H groups in total. The summed E-state index contributed by atoms with van der Waals surface area (Å²) < 4.78 is 11.4. The smallest absolute Gasteiger partial charge is 0.167 e. The number of benzene rings is 3. The second kappa shape index (κ2) is 9.80. The molecule has 0 bridgehead atoms. The first-order valence-electron chi connectivity index (χ1n) is 10.8. The Labute approximate surface area is 184 Å². The van der Waals surface area contributed by atoms with E-state index in [4.69, 9.17) is 9.47 Å². The third-order valence-corrected chi connectivity index (χ3v) is 5.84. The molecule has 160 valence electrons. The van der Waals surface area contributed by atoms with Crippen LogP contribution in [0.2, 0.25) is 0 Å². The number of piperidine rings is 1. The van der Waals surface area contributed by atoms with Crippen LogP contribution in [0.5, 0.6) is 11.5 Å². The first-order chi connectivity index (χ1) is 15.1. The number of rotatable bonds is 7. The summed E-state index contributed by atoms with van der Waals surface area (Å²) in [6, 6.07) is 23.7. The lowest BCUT2D eigenvalue weighted by Crippen LogP contribution is -2.35. The number of ketones is 1. The van der Waals surface area contributed by atoms with Crippen molar-refractivity contribution < 1.29 is 14.3 Å². The maximum atomic E-state index is 12.7. The van der Waals surface area contributed by atoms with E-state index < -0.39 is 0 Å². The molecule has 1 fully saturated rings. The van der Waals surface area contributed by atoms with Crippen molar-refractivity contribution in [1.82, 2.24) is 4.90 Å². The summed E-state index contributed by atoms with van der Waals surface area (Å²) >= 11 is 0. The van der Waals surface area contributed by atoms with E-state index in [1.54, 1.807) is 7.11 Å². The van der Waals surface area contributed by atoms with Crippen molar-refractivity contribution >= 4 is 5.78 Å². The van der Waals surface area contributed by atoms with Gasteiger partial charge in [0.25, 0.3) is 0 Å². The minimum absolute atomic E-state index is 0.0964. The van der Waals surface area contributed by atoms with E-state index in [0.29, 0.717) is 12.0 Å². The summed E-state index contributed by atoms with van der Waals surface area (Å²) in [4.78, 5) is 15.0. The molecule has 1 aliphatic rings. The number of Topliss-reactive ketones (excluding diaryl/α,β-unsaturated/α-hetero) is 1. The molecular formula is C27H29NO3. The van der Waals surface area contributed by atoms with E-state index in [-0.39, 0.29) is 11.9 Å². The molecule has 0 amide bonds. The summed E-state index contributed by atoms with van der Waals surface area (Å²) in [6.45, 7) is 2.16. The zero-order chi connectivity index (χ0) is 21.6. The molecule has 3 aromatic carbocycles. The molecule has 0 unspecified atom stereocenters. The lowest BCUT2D eigenvalue weighted by Gasteiger charge is -2.29. The molecular weight excluding hydrogens is 386 g/mol. The van der Waals surface area contributed by atoms with Gasteiger partial charge >= 0.3 is 0 Å². The van der Waals surface area contributed by atoms with Crippen LogP contribution >= 0.6 is 0 Å². The Morgan fingerprint density at radius 1 is 0.903 bits per heavy atom. The van der Waals surface area contributed by atoms with Crippen LogP contribution < -0.4 is 9.47 Å². The van der Waals surface area contributed by atoms with Crippen molar-refractivity contribution in [2.24, 2.45) is 0 Å². The fourth-order valence-electron chi connectivity index (χ4n) is 3.97. The molecule has 1 aliphatic heterocycles. The first kappa shape index (κ1) is 21.1. The number of carbonyl (C=O) groups is 1. The normalized spacial score (nSPS) is 14.9. The van der Waals surface area contributed by atoms with Gasteiger partial charge in [0.2, 0.25) is 0 Å². The van der Waals surface area contributed by atoms with Gasteiger partial charge in [-0.2, -0.15) is 0 Å². The molecule has 1 saturated heterocycles. The Kier molecular flexibility index (Phi) is 6.68. The van der Waals surface area contributed by atoms with Gasteiger partial charge in [-0.15, -0.1) is 0 Å². The number of ether oxygens (including phenoxy) is 2. The van der Waals surface area contributed by atoms with Gasteiger partial charge < -0.3 is 14.4 Å². The third kappa shape index (κ3) is 5.53. The number of nitrogens with zero attached hydrogens (tertiary/aromatic N) is 1. The third-order valence-electron chi connectivity index (χ3n) is 5.84. The Bertz CT molecular complexity index is 1020. The standard InChI is InChI=1S/C27H29NO3/c1-28-15-13-25(14-16-28)31-26-8-4-7-23(19-26)22-6-3-5-20(17-22)18-27(29)21-9-11-24(30-2)12-10-21/h3-12,17,19,25H,13-16,18H2,1-2H3. The largest absolute Gasteiger partial charge is 0.497 e.